The molecule has 0 bridgehead atoms. The summed E-state index contributed by atoms with van der Waals surface area (Å²) in [4.78, 5) is 4.76. The smallest absolute Gasteiger partial charge is 0.106 e. The monoisotopic (exact) mass is 195 g/mol. The van der Waals surface area contributed by atoms with E-state index >= 15 is 0 Å². The Morgan fingerprint density at radius 1 is 1.21 bits per heavy atom. The average molecular weight is 195 g/mol. The van der Waals surface area contributed by atoms with Crippen LogP contribution < -0.4 is 0 Å². The second-order valence-corrected chi connectivity index (χ2v) is 4.11. The predicted molar refractivity (Wildman–Crippen MR) is 60.5 cm³/mol. The van der Waals surface area contributed by atoms with Crippen LogP contribution in [0.25, 0.3) is 0 Å². The lowest BCUT2D eigenvalue weighted by atomic mass is 9.87. The summed E-state index contributed by atoms with van der Waals surface area (Å²) in [5, 5.41) is 3.94. The van der Waals surface area contributed by atoms with Crippen LogP contribution in [0.1, 0.15) is 46.0 Å². The van der Waals surface area contributed by atoms with Crippen molar-refractivity contribution in [3.8, 4) is 0 Å². The van der Waals surface area contributed by atoms with Gasteiger partial charge in [-0.3, -0.25) is 0 Å². The molecule has 0 aromatic carbocycles. The molecule has 1 fully saturated rings. The zero-order chi connectivity index (χ0) is 10.4. The van der Waals surface area contributed by atoms with E-state index in [1.54, 1.807) is 7.11 Å². The molecule has 0 unspecified atom stereocenters. The fourth-order valence-corrected chi connectivity index (χ4v) is 1.98. The first kappa shape index (κ1) is 11.3. The van der Waals surface area contributed by atoms with Gasteiger partial charge < -0.3 is 4.84 Å². The second-order valence-electron chi connectivity index (χ2n) is 4.11. The van der Waals surface area contributed by atoms with Gasteiger partial charge in [-0.25, -0.2) is 0 Å². The van der Waals surface area contributed by atoms with Gasteiger partial charge in [-0.1, -0.05) is 30.5 Å². The Labute approximate surface area is 87.0 Å². The SMILES string of the molecule is CO/N=C(C)/C(C)=C/C1CCCCC1. The van der Waals surface area contributed by atoms with Gasteiger partial charge in [-0.15, -0.1) is 0 Å². The molecule has 0 atom stereocenters. The van der Waals surface area contributed by atoms with Crippen molar-refractivity contribution in [2.75, 3.05) is 7.11 Å². The Morgan fingerprint density at radius 2 is 1.86 bits per heavy atom. The third-order valence-corrected chi connectivity index (χ3v) is 2.93. The molecule has 2 nitrogen and oxygen atoms in total. The maximum Gasteiger partial charge on any atom is 0.106 e. The lowest BCUT2D eigenvalue weighted by Gasteiger charge is -2.18. The van der Waals surface area contributed by atoms with Crippen LogP contribution in [0.4, 0.5) is 0 Å². The van der Waals surface area contributed by atoms with E-state index in [0.717, 1.165) is 11.6 Å². The molecule has 0 N–H and O–H groups in total. The van der Waals surface area contributed by atoms with Crippen molar-refractivity contribution in [1.82, 2.24) is 0 Å². The van der Waals surface area contributed by atoms with E-state index in [1.807, 2.05) is 6.92 Å². The molecule has 0 heterocycles. The molecule has 0 aromatic heterocycles. The first-order valence-corrected chi connectivity index (χ1v) is 5.50. The second kappa shape index (κ2) is 5.84. The fourth-order valence-electron chi connectivity index (χ4n) is 1.98. The van der Waals surface area contributed by atoms with E-state index in [2.05, 4.69) is 18.2 Å². The summed E-state index contributed by atoms with van der Waals surface area (Å²) in [6, 6.07) is 0. The standard InChI is InChI=1S/C12H21NO/c1-10(11(2)13-14-3)9-12-7-5-4-6-8-12/h9,12H,4-8H2,1-3H3/b10-9+,13-11+. The number of nitrogens with zero attached hydrogens (tertiary/aromatic N) is 1. The quantitative estimate of drug-likeness (QED) is 0.498. The summed E-state index contributed by atoms with van der Waals surface area (Å²) in [7, 11) is 1.59. The first-order chi connectivity index (χ1) is 6.74. The maximum absolute atomic E-state index is 4.76. The Bertz CT molecular complexity index is 224. The highest BCUT2D eigenvalue weighted by Gasteiger charge is 2.11. The molecule has 1 aliphatic carbocycles. The van der Waals surface area contributed by atoms with Gasteiger partial charge in [0.25, 0.3) is 0 Å². The Kier molecular flexibility index (Phi) is 4.71. The minimum absolute atomic E-state index is 0.769. The molecule has 0 radical (unpaired) electrons. The van der Waals surface area contributed by atoms with Gasteiger partial charge in [0.05, 0.1) is 5.71 Å². The Morgan fingerprint density at radius 3 is 2.43 bits per heavy atom. The van der Waals surface area contributed by atoms with E-state index in [-0.39, 0.29) is 0 Å². The summed E-state index contributed by atoms with van der Waals surface area (Å²) < 4.78 is 0. The van der Waals surface area contributed by atoms with Crippen LogP contribution in [0, 0.1) is 5.92 Å². The molecule has 0 spiro atoms. The van der Waals surface area contributed by atoms with Crippen LogP contribution in [0.5, 0.6) is 0 Å². The average Bonchev–Trinajstić information content (AvgIpc) is 2.19. The van der Waals surface area contributed by atoms with Crippen molar-refractivity contribution in [3.63, 3.8) is 0 Å². The highest BCUT2D eigenvalue weighted by atomic mass is 16.6. The topological polar surface area (TPSA) is 21.6 Å². The third kappa shape index (κ3) is 3.52. The highest BCUT2D eigenvalue weighted by molar-refractivity contribution is 5.97. The normalized spacial score (nSPS) is 21.1. The van der Waals surface area contributed by atoms with Gasteiger partial charge in [-0.05, 0) is 38.2 Å². The van der Waals surface area contributed by atoms with E-state index < -0.39 is 0 Å². The molecule has 1 saturated carbocycles. The van der Waals surface area contributed by atoms with Crippen LogP contribution in [0.15, 0.2) is 16.8 Å². The van der Waals surface area contributed by atoms with Gasteiger partial charge in [-0.2, -0.15) is 0 Å². The van der Waals surface area contributed by atoms with Crippen molar-refractivity contribution in [2.24, 2.45) is 11.1 Å². The van der Waals surface area contributed by atoms with Crippen LogP contribution in [-0.4, -0.2) is 12.8 Å². The molecule has 2 heteroatoms. The molecule has 0 aliphatic heterocycles. The van der Waals surface area contributed by atoms with Crippen molar-refractivity contribution in [2.45, 2.75) is 46.0 Å². The van der Waals surface area contributed by atoms with Crippen LogP contribution in [0.2, 0.25) is 0 Å². The maximum atomic E-state index is 4.76. The van der Waals surface area contributed by atoms with Crippen LogP contribution >= 0.6 is 0 Å². The third-order valence-electron chi connectivity index (χ3n) is 2.93. The molecular formula is C12H21NO. The highest BCUT2D eigenvalue weighted by Crippen LogP contribution is 2.25. The van der Waals surface area contributed by atoms with E-state index in [0.29, 0.717) is 0 Å². The van der Waals surface area contributed by atoms with E-state index in [9.17, 15) is 0 Å². The lowest BCUT2D eigenvalue weighted by Crippen LogP contribution is -2.05. The zero-order valence-electron chi connectivity index (χ0n) is 9.55. The molecule has 1 rings (SSSR count). The van der Waals surface area contributed by atoms with Crippen LogP contribution in [-0.2, 0) is 4.84 Å². The first-order valence-electron chi connectivity index (χ1n) is 5.50. The molecular weight excluding hydrogens is 174 g/mol. The molecule has 80 valence electrons. The van der Waals surface area contributed by atoms with Crippen molar-refractivity contribution < 1.29 is 4.84 Å². The van der Waals surface area contributed by atoms with Crippen molar-refractivity contribution in [1.29, 1.82) is 0 Å². The Balaban J connectivity index is 2.52. The van der Waals surface area contributed by atoms with Gasteiger partial charge in [0.1, 0.15) is 7.11 Å². The predicted octanol–water partition coefficient (Wildman–Crippen LogP) is 3.54. The largest absolute Gasteiger partial charge is 0.399 e. The van der Waals surface area contributed by atoms with Gasteiger partial charge >= 0.3 is 0 Å². The summed E-state index contributed by atoms with van der Waals surface area (Å²) in [6.07, 6.45) is 9.23. The molecule has 0 aromatic rings. The van der Waals surface area contributed by atoms with E-state index in [1.165, 1.54) is 37.7 Å². The van der Waals surface area contributed by atoms with Crippen LogP contribution in [0.3, 0.4) is 0 Å². The summed E-state index contributed by atoms with van der Waals surface area (Å²) in [6.45, 7) is 4.12. The molecule has 0 saturated heterocycles. The summed E-state index contributed by atoms with van der Waals surface area (Å²) in [5.41, 5.74) is 2.26. The Hall–Kier alpha value is -0.790. The number of hydrogen-bond acceptors (Lipinski definition) is 2. The van der Waals surface area contributed by atoms with Crippen molar-refractivity contribution in [3.05, 3.63) is 11.6 Å². The number of hydrogen-bond donors (Lipinski definition) is 0. The zero-order valence-corrected chi connectivity index (χ0v) is 9.55. The van der Waals surface area contributed by atoms with Gasteiger partial charge in [0, 0.05) is 0 Å². The van der Waals surface area contributed by atoms with E-state index in [4.69, 9.17) is 4.84 Å². The minimum Gasteiger partial charge on any atom is -0.399 e. The molecule has 1 aliphatic rings. The molecule has 14 heavy (non-hydrogen) atoms. The van der Waals surface area contributed by atoms with Gasteiger partial charge in [0.15, 0.2) is 0 Å². The fraction of sp³-hybridized carbons (Fsp3) is 0.750. The summed E-state index contributed by atoms with van der Waals surface area (Å²) in [5.74, 6) is 0.769. The lowest BCUT2D eigenvalue weighted by molar-refractivity contribution is 0.213. The summed E-state index contributed by atoms with van der Waals surface area (Å²) >= 11 is 0. The minimum atomic E-state index is 0.769. The number of allylic oxidation sites excluding steroid dienone is 2. The van der Waals surface area contributed by atoms with Crippen molar-refractivity contribution >= 4 is 5.71 Å². The molecule has 0 amide bonds. The van der Waals surface area contributed by atoms with Gasteiger partial charge in [0.2, 0.25) is 0 Å². The number of oxime groups is 1. The number of rotatable bonds is 3.